The van der Waals surface area contributed by atoms with E-state index in [0.29, 0.717) is 15.2 Å². The first-order valence-corrected chi connectivity index (χ1v) is 7.82. The Morgan fingerprint density at radius 3 is 2.93 bits per heavy atom. The second kappa shape index (κ2) is 5.50. The molecule has 0 unspecified atom stereocenters. The zero-order chi connectivity index (χ0) is 10.5. The van der Waals surface area contributed by atoms with E-state index < -0.39 is 0 Å². The van der Waals surface area contributed by atoms with Crippen molar-refractivity contribution in [2.24, 2.45) is 0 Å². The van der Waals surface area contributed by atoms with Crippen LogP contribution in [0.1, 0.15) is 6.42 Å². The Bertz CT molecular complexity index is 291. The van der Waals surface area contributed by atoms with Gasteiger partial charge < -0.3 is 0 Å². The van der Waals surface area contributed by atoms with Gasteiger partial charge in [-0.25, -0.2) is 0 Å². The van der Waals surface area contributed by atoms with Gasteiger partial charge in [-0.3, -0.25) is 0 Å². The molecule has 2 heterocycles. The van der Waals surface area contributed by atoms with E-state index >= 15 is 0 Å². The van der Waals surface area contributed by atoms with Crippen LogP contribution in [0.3, 0.4) is 0 Å². The number of hydrogen-bond acceptors (Lipinski definition) is 3. The molecule has 1 aliphatic rings. The zero-order valence-corrected chi connectivity index (χ0v) is 10.8. The topological polar surface area (TPSA) is 19.4 Å². The van der Waals surface area contributed by atoms with Crippen molar-refractivity contribution in [3.63, 3.8) is 0 Å². The maximum atomic E-state index is 4.18. The summed E-state index contributed by atoms with van der Waals surface area (Å²) in [6.07, 6.45) is 5.07. The average Bonchev–Trinajstić information content (AvgIpc) is 2.55. The van der Waals surface area contributed by atoms with Crippen LogP contribution in [0.5, 0.6) is 0 Å². The first kappa shape index (κ1) is 10.9. The number of hydrogen-bond donors (Lipinski definition) is 0. The molecule has 0 bridgehead atoms. The summed E-state index contributed by atoms with van der Waals surface area (Å²) < 4.78 is 2.57. The number of nitrogens with zero attached hydrogens (tertiary/aromatic N) is 3. The van der Waals surface area contributed by atoms with Crippen molar-refractivity contribution in [2.45, 2.75) is 12.2 Å². The van der Waals surface area contributed by atoms with Crippen molar-refractivity contribution in [3.05, 3.63) is 24.5 Å². The van der Waals surface area contributed by atoms with Gasteiger partial charge in [-0.2, -0.15) is 0 Å². The van der Waals surface area contributed by atoms with Crippen molar-refractivity contribution in [1.29, 1.82) is 0 Å². The monoisotopic (exact) mass is 271 g/mol. The molecule has 1 fully saturated rings. The average molecular weight is 270 g/mol. The minimum absolute atomic E-state index is 0.658. The molecule has 0 aromatic carbocycles. The van der Waals surface area contributed by atoms with Crippen molar-refractivity contribution in [2.75, 3.05) is 31.1 Å². The molecule has 0 spiro atoms. The number of anilines is 1. The first-order valence-electron chi connectivity index (χ1n) is 5.34. The molecule has 82 valence electrons. The Hall–Kier alpha value is -0.571. The number of pyridine rings is 1. The summed E-state index contributed by atoms with van der Waals surface area (Å²) in [5.41, 5.74) is 1.27. The fraction of sp³-hybridized carbons (Fsp3) is 0.545. The molecule has 2 rings (SSSR count). The van der Waals surface area contributed by atoms with Crippen LogP contribution in [0.4, 0.5) is 5.69 Å². The first-order chi connectivity index (χ1) is 7.40. The summed E-state index contributed by atoms with van der Waals surface area (Å²) in [6.45, 7) is 4.76. The van der Waals surface area contributed by atoms with E-state index in [0.717, 1.165) is 13.1 Å². The Labute approximate surface area is 97.8 Å². The molecule has 1 aliphatic heterocycles. The Morgan fingerprint density at radius 2 is 2.20 bits per heavy atom. The normalized spacial score (nSPS) is 18.9. The van der Waals surface area contributed by atoms with Crippen molar-refractivity contribution < 1.29 is 0 Å². The third-order valence-electron chi connectivity index (χ3n) is 2.72. The second-order valence-corrected chi connectivity index (χ2v) is 5.51. The van der Waals surface area contributed by atoms with Crippen LogP contribution in [0, 0.1) is 0 Å². The van der Waals surface area contributed by atoms with Gasteiger partial charge in [0.05, 0.1) is 0 Å². The van der Waals surface area contributed by atoms with Crippen LogP contribution >= 0.6 is 0 Å². The molecular formula is C11H17N3Se. The van der Waals surface area contributed by atoms with Crippen LogP contribution in [0.2, 0.25) is 5.82 Å². The van der Waals surface area contributed by atoms with Gasteiger partial charge in [0.1, 0.15) is 0 Å². The molecule has 1 aromatic rings. The molecule has 4 heteroatoms. The van der Waals surface area contributed by atoms with Crippen LogP contribution in [0.15, 0.2) is 24.5 Å². The Kier molecular flexibility index (Phi) is 4.01. The minimum atomic E-state index is 0.658. The van der Waals surface area contributed by atoms with E-state index in [1.54, 1.807) is 0 Å². The third kappa shape index (κ3) is 2.94. The van der Waals surface area contributed by atoms with Crippen molar-refractivity contribution in [1.82, 2.24) is 8.90 Å². The molecule has 0 atom stereocenters. The van der Waals surface area contributed by atoms with Gasteiger partial charge >= 0.3 is 97.6 Å². The predicted octanol–water partition coefficient (Wildman–Crippen LogP) is 1.26. The number of aromatic nitrogens is 1. The Balaban J connectivity index is 2.00. The number of rotatable bonds is 2. The molecule has 0 N–H and O–H groups in total. The zero-order valence-electron chi connectivity index (χ0n) is 9.09. The Morgan fingerprint density at radius 1 is 1.27 bits per heavy atom. The van der Waals surface area contributed by atoms with Crippen LogP contribution < -0.4 is 4.90 Å². The van der Waals surface area contributed by atoms with Gasteiger partial charge in [-0.15, -0.1) is 0 Å². The molecule has 0 amide bonds. The van der Waals surface area contributed by atoms with Gasteiger partial charge in [0, 0.05) is 0 Å². The summed E-state index contributed by atoms with van der Waals surface area (Å²) in [5, 5.41) is 0. The second-order valence-electron chi connectivity index (χ2n) is 3.66. The molecule has 0 radical (unpaired) electrons. The maximum absolute atomic E-state index is 4.18. The summed E-state index contributed by atoms with van der Waals surface area (Å²) >= 11 is 0.658. The molecular weight excluding hydrogens is 253 g/mol. The summed E-state index contributed by atoms with van der Waals surface area (Å²) in [5.74, 6) is 2.30. The predicted molar refractivity (Wildman–Crippen MR) is 64.3 cm³/mol. The third-order valence-corrected chi connectivity index (χ3v) is 4.57. The molecule has 0 aliphatic carbocycles. The molecule has 1 saturated heterocycles. The molecule has 0 saturated carbocycles. The fourth-order valence-electron chi connectivity index (χ4n) is 1.88. The van der Waals surface area contributed by atoms with E-state index in [1.807, 2.05) is 18.5 Å². The van der Waals surface area contributed by atoms with E-state index in [2.05, 4.69) is 25.7 Å². The van der Waals surface area contributed by atoms with Gasteiger partial charge in [0.15, 0.2) is 0 Å². The van der Waals surface area contributed by atoms with Crippen molar-refractivity contribution >= 4 is 20.9 Å². The summed E-state index contributed by atoms with van der Waals surface area (Å²) in [6, 6.07) is 4.17. The molecule has 3 nitrogen and oxygen atoms in total. The van der Waals surface area contributed by atoms with E-state index in [9.17, 15) is 0 Å². The molecule has 1 aromatic heterocycles. The van der Waals surface area contributed by atoms with Gasteiger partial charge in [0.25, 0.3) is 0 Å². The fourth-order valence-corrected chi connectivity index (χ4v) is 3.08. The summed E-state index contributed by atoms with van der Waals surface area (Å²) in [4.78, 5) is 6.62. The summed E-state index contributed by atoms with van der Waals surface area (Å²) in [7, 11) is 0. The van der Waals surface area contributed by atoms with Crippen LogP contribution in [-0.4, -0.2) is 50.3 Å². The quantitative estimate of drug-likeness (QED) is 0.754. The van der Waals surface area contributed by atoms with Crippen LogP contribution in [-0.2, 0) is 0 Å². The van der Waals surface area contributed by atoms with E-state index in [1.165, 1.54) is 25.2 Å². The van der Waals surface area contributed by atoms with Gasteiger partial charge in [-0.1, -0.05) is 0 Å². The van der Waals surface area contributed by atoms with E-state index in [4.69, 9.17) is 0 Å². The van der Waals surface area contributed by atoms with Gasteiger partial charge in [0.2, 0.25) is 0 Å². The van der Waals surface area contributed by atoms with Crippen LogP contribution in [0.25, 0.3) is 0 Å². The van der Waals surface area contributed by atoms with E-state index in [-0.39, 0.29) is 0 Å². The van der Waals surface area contributed by atoms with Crippen molar-refractivity contribution in [3.8, 4) is 0 Å². The molecule has 15 heavy (non-hydrogen) atoms. The standard InChI is InChI=1S/C11H17N3Se/c1-15-14-7-3-6-13(8-9-14)11-4-2-5-12-10-11/h2,4-5,10H,3,6-9H2,1H3. The van der Waals surface area contributed by atoms with Gasteiger partial charge in [-0.05, 0) is 0 Å². The SMILES string of the molecule is C[Se]N1CCCN(c2cccnc2)CC1.